The van der Waals surface area contributed by atoms with Crippen LogP contribution in [0.25, 0.3) is 0 Å². The van der Waals surface area contributed by atoms with E-state index in [1.165, 1.54) is 6.33 Å². The van der Waals surface area contributed by atoms with E-state index in [4.69, 9.17) is 5.73 Å². The molecule has 0 saturated carbocycles. The predicted molar refractivity (Wildman–Crippen MR) is 69.3 cm³/mol. The van der Waals surface area contributed by atoms with Crippen LogP contribution in [0, 0.1) is 6.92 Å². The fourth-order valence-corrected chi connectivity index (χ4v) is 1.84. The summed E-state index contributed by atoms with van der Waals surface area (Å²) in [5, 5.41) is 4.04. The van der Waals surface area contributed by atoms with Gasteiger partial charge in [-0.25, -0.2) is 9.67 Å². The number of nitrogens with zero attached hydrogens (tertiary/aromatic N) is 3. The highest BCUT2D eigenvalue weighted by Gasteiger charge is 2.14. The molecule has 0 aliphatic carbocycles. The largest absolute Gasteiger partial charge is 0.398 e. The zero-order valence-corrected chi connectivity index (χ0v) is 10.6. The zero-order chi connectivity index (χ0) is 13.1. The average molecular weight is 244 g/mol. The van der Waals surface area contributed by atoms with Gasteiger partial charge in [-0.05, 0) is 26.0 Å². The van der Waals surface area contributed by atoms with E-state index < -0.39 is 0 Å². The summed E-state index contributed by atoms with van der Waals surface area (Å²) < 4.78 is 1.71. The number of benzene rings is 1. The average Bonchev–Trinajstić information content (AvgIpc) is 2.79. The molecular formula is C13H16N4O. The third-order valence-corrected chi connectivity index (χ3v) is 2.82. The second-order valence-corrected chi connectivity index (χ2v) is 4.18. The summed E-state index contributed by atoms with van der Waals surface area (Å²) in [5.74, 6) is 0.641. The number of nitrogens with two attached hydrogens (primary N) is 1. The van der Waals surface area contributed by atoms with Gasteiger partial charge in [-0.1, -0.05) is 11.6 Å². The molecule has 0 saturated heterocycles. The number of carbonyl (C=O) groups is 1. The molecule has 0 spiro atoms. The number of aryl methyl sites for hydroxylation is 2. The van der Waals surface area contributed by atoms with Crippen molar-refractivity contribution in [2.75, 3.05) is 5.73 Å². The first-order valence-corrected chi connectivity index (χ1v) is 5.87. The van der Waals surface area contributed by atoms with Gasteiger partial charge in [0.1, 0.15) is 12.2 Å². The summed E-state index contributed by atoms with van der Waals surface area (Å²) in [6, 6.07) is 5.46. The third kappa shape index (κ3) is 2.40. The van der Waals surface area contributed by atoms with Crippen LogP contribution in [0.5, 0.6) is 0 Å². The van der Waals surface area contributed by atoms with Gasteiger partial charge in [-0.3, -0.25) is 4.79 Å². The Kier molecular flexibility index (Phi) is 3.41. The van der Waals surface area contributed by atoms with Crippen LogP contribution >= 0.6 is 0 Å². The molecule has 5 heteroatoms. The highest BCUT2D eigenvalue weighted by molar-refractivity contribution is 6.01. The Bertz CT molecular complexity index is 574. The Hall–Kier alpha value is -2.17. The van der Waals surface area contributed by atoms with E-state index in [0.29, 0.717) is 23.6 Å². The number of carbonyl (C=O) groups excluding carboxylic acids is 1. The number of nitrogen functional groups attached to an aromatic ring is 1. The minimum atomic E-state index is -0.0288. The first-order valence-electron chi connectivity index (χ1n) is 5.87. The van der Waals surface area contributed by atoms with E-state index in [9.17, 15) is 4.79 Å². The van der Waals surface area contributed by atoms with Gasteiger partial charge in [-0.2, -0.15) is 5.10 Å². The lowest BCUT2D eigenvalue weighted by Gasteiger charge is -2.06. The molecule has 1 aromatic carbocycles. The van der Waals surface area contributed by atoms with Crippen LogP contribution in [-0.4, -0.2) is 20.5 Å². The van der Waals surface area contributed by atoms with E-state index in [-0.39, 0.29) is 12.2 Å². The lowest BCUT2D eigenvalue weighted by atomic mass is 10.0. The number of anilines is 1. The minimum Gasteiger partial charge on any atom is -0.398 e. The van der Waals surface area contributed by atoms with Crippen LogP contribution in [0.2, 0.25) is 0 Å². The quantitative estimate of drug-likeness (QED) is 0.655. The Labute approximate surface area is 106 Å². The predicted octanol–water partition coefficient (Wildman–Crippen LogP) is 1.61. The number of hydrogen-bond acceptors (Lipinski definition) is 4. The second-order valence-electron chi connectivity index (χ2n) is 4.18. The number of ketones is 1. The highest BCUT2D eigenvalue weighted by Crippen LogP contribution is 2.16. The molecular weight excluding hydrogens is 228 g/mol. The van der Waals surface area contributed by atoms with Crippen molar-refractivity contribution >= 4 is 11.5 Å². The van der Waals surface area contributed by atoms with E-state index in [1.807, 2.05) is 26.0 Å². The van der Waals surface area contributed by atoms with E-state index in [0.717, 1.165) is 5.56 Å². The fraction of sp³-hybridized carbons (Fsp3) is 0.308. The van der Waals surface area contributed by atoms with Crippen molar-refractivity contribution in [1.29, 1.82) is 0 Å². The van der Waals surface area contributed by atoms with Crippen molar-refractivity contribution in [2.24, 2.45) is 0 Å². The van der Waals surface area contributed by atoms with Gasteiger partial charge in [0, 0.05) is 17.8 Å². The minimum absolute atomic E-state index is 0.0288. The molecule has 0 radical (unpaired) electrons. The SMILES string of the molecule is CCn1ncnc1CC(=O)c1cc(C)ccc1N. The number of hydrogen-bond donors (Lipinski definition) is 1. The summed E-state index contributed by atoms with van der Waals surface area (Å²) in [4.78, 5) is 16.3. The monoisotopic (exact) mass is 244 g/mol. The second kappa shape index (κ2) is 5.00. The van der Waals surface area contributed by atoms with E-state index >= 15 is 0 Å². The van der Waals surface area contributed by atoms with Crippen molar-refractivity contribution in [3.05, 3.63) is 41.5 Å². The topological polar surface area (TPSA) is 73.8 Å². The first-order chi connectivity index (χ1) is 8.61. The molecule has 2 aromatic rings. The van der Waals surface area contributed by atoms with Crippen LogP contribution in [0.4, 0.5) is 5.69 Å². The summed E-state index contributed by atoms with van der Waals surface area (Å²) in [5.41, 5.74) is 7.91. The molecule has 0 atom stereocenters. The van der Waals surface area contributed by atoms with Crippen LogP contribution in [0.3, 0.4) is 0 Å². The molecule has 18 heavy (non-hydrogen) atoms. The van der Waals surface area contributed by atoms with Crippen LogP contribution in [0.1, 0.15) is 28.7 Å². The highest BCUT2D eigenvalue weighted by atomic mass is 16.1. The van der Waals surface area contributed by atoms with Gasteiger partial charge < -0.3 is 5.73 Å². The third-order valence-electron chi connectivity index (χ3n) is 2.82. The van der Waals surface area contributed by atoms with Crippen molar-refractivity contribution in [2.45, 2.75) is 26.8 Å². The van der Waals surface area contributed by atoms with Gasteiger partial charge in [-0.15, -0.1) is 0 Å². The van der Waals surface area contributed by atoms with Crippen molar-refractivity contribution < 1.29 is 4.79 Å². The molecule has 94 valence electrons. The summed E-state index contributed by atoms with van der Waals surface area (Å²) in [7, 11) is 0. The molecule has 0 unspecified atom stereocenters. The van der Waals surface area contributed by atoms with Gasteiger partial charge in [0.15, 0.2) is 5.78 Å². The normalized spacial score (nSPS) is 10.6. The lowest BCUT2D eigenvalue weighted by molar-refractivity contribution is 0.0990. The van der Waals surface area contributed by atoms with Crippen LogP contribution in [0.15, 0.2) is 24.5 Å². The van der Waals surface area contributed by atoms with Gasteiger partial charge >= 0.3 is 0 Å². The number of rotatable bonds is 4. The zero-order valence-electron chi connectivity index (χ0n) is 10.6. The summed E-state index contributed by atoms with van der Waals surface area (Å²) in [6.07, 6.45) is 1.69. The first kappa shape index (κ1) is 12.3. The maximum atomic E-state index is 12.2. The molecule has 0 bridgehead atoms. The summed E-state index contributed by atoms with van der Waals surface area (Å²) >= 11 is 0. The van der Waals surface area contributed by atoms with Crippen molar-refractivity contribution in [3.63, 3.8) is 0 Å². The van der Waals surface area contributed by atoms with Gasteiger partial charge in [0.2, 0.25) is 0 Å². The molecule has 0 fully saturated rings. The molecule has 2 rings (SSSR count). The van der Waals surface area contributed by atoms with Crippen LogP contribution < -0.4 is 5.73 Å². The smallest absolute Gasteiger partial charge is 0.172 e. The van der Waals surface area contributed by atoms with Crippen molar-refractivity contribution in [1.82, 2.24) is 14.8 Å². The Morgan fingerprint density at radius 2 is 2.22 bits per heavy atom. The molecule has 0 aliphatic rings. The standard InChI is InChI=1S/C13H16N4O/c1-3-17-13(15-8-16-17)7-12(18)10-6-9(2)4-5-11(10)14/h4-6,8H,3,7,14H2,1-2H3. The number of aromatic nitrogens is 3. The molecule has 1 aromatic heterocycles. The number of Topliss-reactive ketones (excluding diaryl/α,β-unsaturated/α-hetero) is 1. The molecule has 5 nitrogen and oxygen atoms in total. The molecule has 0 amide bonds. The van der Waals surface area contributed by atoms with Crippen LogP contribution in [-0.2, 0) is 13.0 Å². The lowest BCUT2D eigenvalue weighted by Crippen LogP contribution is -2.12. The fourth-order valence-electron chi connectivity index (χ4n) is 1.84. The Balaban J connectivity index is 2.25. The summed E-state index contributed by atoms with van der Waals surface area (Å²) in [6.45, 7) is 4.60. The molecule has 0 aliphatic heterocycles. The van der Waals surface area contributed by atoms with Gasteiger partial charge in [0.25, 0.3) is 0 Å². The van der Waals surface area contributed by atoms with E-state index in [2.05, 4.69) is 10.1 Å². The van der Waals surface area contributed by atoms with Crippen molar-refractivity contribution in [3.8, 4) is 0 Å². The molecule has 2 N–H and O–H groups in total. The Morgan fingerprint density at radius 1 is 1.44 bits per heavy atom. The Morgan fingerprint density at radius 3 is 2.94 bits per heavy atom. The maximum Gasteiger partial charge on any atom is 0.172 e. The van der Waals surface area contributed by atoms with Gasteiger partial charge in [0.05, 0.1) is 6.42 Å². The maximum absolute atomic E-state index is 12.2. The molecule has 1 heterocycles. The van der Waals surface area contributed by atoms with E-state index in [1.54, 1.807) is 10.7 Å².